The molecule has 2 amide bonds. The molecule has 4 heterocycles. The van der Waals surface area contributed by atoms with Crippen LogP contribution in [0.5, 0.6) is 5.75 Å². The highest BCUT2D eigenvalue weighted by Gasteiger charge is 2.39. The molecule has 0 saturated carbocycles. The average Bonchev–Trinajstić information content (AvgIpc) is 3.56. The van der Waals surface area contributed by atoms with E-state index in [1.165, 1.54) is 24.0 Å². The van der Waals surface area contributed by atoms with Crippen LogP contribution in [0.3, 0.4) is 0 Å². The normalized spacial score (nSPS) is 24.0. The summed E-state index contributed by atoms with van der Waals surface area (Å²) in [6.45, 7) is 3.75. The fourth-order valence-electron chi connectivity index (χ4n) is 6.09. The molecule has 2 fully saturated rings. The molecule has 0 aliphatic carbocycles. The predicted octanol–water partition coefficient (Wildman–Crippen LogP) is 2.98. The molecule has 3 atom stereocenters. The smallest absolute Gasteiger partial charge is 0.244 e. The maximum absolute atomic E-state index is 12.4. The third-order valence-corrected chi connectivity index (χ3v) is 8.14. The zero-order valence-corrected chi connectivity index (χ0v) is 22.0. The first-order chi connectivity index (χ1) is 19.0. The van der Waals surface area contributed by atoms with Crippen LogP contribution in [-0.4, -0.2) is 61.7 Å². The number of fused-ring (bicyclic) bond motifs is 1. The summed E-state index contributed by atoms with van der Waals surface area (Å²) >= 11 is 0. The first kappa shape index (κ1) is 25.7. The van der Waals surface area contributed by atoms with Crippen molar-refractivity contribution in [1.82, 2.24) is 24.9 Å². The number of hydrogen-bond donors (Lipinski definition) is 2. The van der Waals surface area contributed by atoms with E-state index in [2.05, 4.69) is 39.6 Å². The van der Waals surface area contributed by atoms with Crippen LogP contribution >= 0.6 is 0 Å². The van der Waals surface area contributed by atoms with E-state index >= 15 is 0 Å². The summed E-state index contributed by atoms with van der Waals surface area (Å²) in [5.41, 5.74) is 4.29. The molecule has 2 aromatic carbocycles. The Morgan fingerprint density at radius 1 is 1.03 bits per heavy atom. The predicted molar refractivity (Wildman–Crippen MR) is 144 cm³/mol. The van der Waals surface area contributed by atoms with Gasteiger partial charge in [-0.3, -0.25) is 29.4 Å². The number of carbonyl (C=O) groups is 2. The van der Waals surface area contributed by atoms with Crippen LogP contribution in [0.1, 0.15) is 60.6 Å². The van der Waals surface area contributed by atoms with Gasteiger partial charge in [-0.1, -0.05) is 36.8 Å². The topological polar surface area (TPSA) is 99.9 Å². The third-order valence-electron chi connectivity index (χ3n) is 8.14. The van der Waals surface area contributed by atoms with Gasteiger partial charge in [-0.2, -0.15) is 5.10 Å². The van der Waals surface area contributed by atoms with Crippen LogP contribution in [0.2, 0.25) is 0 Å². The number of aliphatic hydroxyl groups excluding tert-OH is 1. The summed E-state index contributed by atoms with van der Waals surface area (Å²) in [6, 6.07) is 16.3. The molecule has 9 nitrogen and oxygen atoms in total. The number of amides is 2. The van der Waals surface area contributed by atoms with Crippen molar-refractivity contribution in [3.8, 4) is 5.75 Å². The molecular weight excluding hydrogens is 494 g/mol. The van der Waals surface area contributed by atoms with Gasteiger partial charge in [0.25, 0.3) is 0 Å². The number of imide groups is 1. The molecule has 0 spiro atoms. The molecule has 3 aliphatic heterocycles. The van der Waals surface area contributed by atoms with Gasteiger partial charge in [0, 0.05) is 43.5 Å². The van der Waals surface area contributed by atoms with Crippen LogP contribution in [0.25, 0.3) is 0 Å². The SMILES string of the molecule is O=C1CCC(N2Cc3cc(OC[C@@H]4CCCCN4Cc4cccc(Cn5cccn5)c4)ccc3C2O)C(=O)N1. The molecule has 0 bridgehead atoms. The molecule has 6 rings (SSSR count). The molecular formula is C30H35N5O4. The summed E-state index contributed by atoms with van der Waals surface area (Å²) in [5, 5.41) is 17.6. The number of carbonyl (C=O) groups excluding carboxylic acids is 2. The highest BCUT2D eigenvalue weighted by molar-refractivity contribution is 6.00. The fraction of sp³-hybridized carbons (Fsp3) is 0.433. The van der Waals surface area contributed by atoms with E-state index in [1.54, 1.807) is 11.1 Å². The standard InChI is InChI=1S/C30H35N5O4/c36-28-11-10-27(29(37)32-28)35-19-23-16-25(8-9-26(23)30(35)38)39-20-24-7-1-2-13-33(24)17-21-5-3-6-22(15-21)18-34-14-4-12-31-34/h3-6,8-9,12,14-16,24,27,30,38H,1-2,7,10-11,13,17-20H2,(H,32,36,37)/t24-,27?,30?/m0/s1. The van der Waals surface area contributed by atoms with E-state index in [0.717, 1.165) is 42.9 Å². The number of hydrogen-bond acceptors (Lipinski definition) is 7. The van der Waals surface area contributed by atoms with Gasteiger partial charge in [0.2, 0.25) is 11.8 Å². The lowest BCUT2D eigenvalue weighted by Gasteiger charge is -2.35. The Morgan fingerprint density at radius 3 is 2.72 bits per heavy atom. The minimum Gasteiger partial charge on any atom is -0.492 e. The average molecular weight is 530 g/mol. The zero-order valence-electron chi connectivity index (χ0n) is 22.0. The second kappa shape index (κ2) is 11.3. The molecule has 204 valence electrons. The second-order valence-corrected chi connectivity index (χ2v) is 10.8. The molecule has 9 heteroatoms. The van der Waals surface area contributed by atoms with Crippen molar-refractivity contribution in [1.29, 1.82) is 0 Å². The lowest BCUT2D eigenvalue weighted by Crippen LogP contribution is -2.51. The Morgan fingerprint density at radius 2 is 1.90 bits per heavy atom. The third kappa shape index (κ3) is 5.75. The van der Waals surface area contributed by atoms with Crippen LogP contribution < -0.4 is 10.1 Å². The van der Waals surface area contributed by atoms with E-state index in [1.807, 2.05) is 35.1 Å². The molecule has 1 aromatic heterocycles. The summed E-state index contributed by atoms with van der Waals surface area (Å²) in [7, 11) is 0. The van der Waals surface area contributed by atoms with Crippen molar-refractivity contribution < 1.29 is 19.4 Å². The Labute approximate surface area is 228 Å². The number of aliphatic hydroxyl groups is 1. The maximum atomic E-state index is 12.4. The number of nitrogens with one attached hydrogen (secondary N) is 1. The molecule has 3 aromatic rings. The first-order valence-electron chi connectivity index (χ1n) is 13.9. The van der Waals surface area contributed by atoms with Gasteiger partial charge in [-0.15, -0.1) is 0 Å². The van der Waals surface area contributed by atoms with E-state index in [-0.39, 0.29) is 18.2 Å². The second-order valence-electron chi connectivity index (χ2n) is 10.8. The van der Waals surface area contributed by atoms with Crippen molar-refractivity contribution in [3.05, 3.63) is 83.2 Å². The van der Waals surface area contributed by atoms with Gasteiger partial charge in [0.1, 0.15) is 18.6 Å². The zero-order chi connectivity index (χ0) is 26.8. The van der Waals surface area contributed by atoms with E-state index in [9.17, 15) is 14.7 Å². The summed E-state index contributed by atoms with van der Waals surface area (Å²) in [5.74, 6) is 0.188. The number of aromatic nitrogens is 2. The minimum atomic E-state index is -0.865. The van der Waals surface area contributed by atoms with Crippen molar-refractivity contribution in [2.45, 2.75) is 70.0 Å². The van der Waals surface area contributed by atoms with Gasteiger partial charge in [-0.05, 0) is 60.7 Å². The highest BCUT2D eigenvalue weighted by atomic mass is 16.5. The summed E-state index contributed by atoms with van der Waals surface area (Å²) in [4.78, 5) is 28.2. The number of likely N-dealkylation sites (tertiary alicyclic amines) is 1. The first-order valence-corrected chi connectivity index (χ1v) is 13.9. The fourth-order valence-corrected chi connectivity index (χ4v) is 6.09. The van der Waals surface area contributed by atoms with Crippen molar-refractivity contribution in [3.63, 3.8) is 0 Å². The number of piperidine rings is 2. The van der Waals surface area contributed by atoms with Gasteiger partial charge in [0.05, 0.1) is 12.6 Å². The van der Waals surface area contributed by atoms with E-state index in [0.29, 0.717) is 25.6 Å². The lowest BCUT2D eigenvalue weighted by atomic mass is 10.0. The van der Waals surface area contributed by atoms with E-state index < -0.39 is 12.3 Å². The summed E-state index contributed by atoms with van der Waals surface area (Å²) in [6.07, 6.45) is 7.11. The Bertz CT molecular complexity index is 1330. The number of ether oxygens (including phenoxy) is 1. The van der Waals surface area contributed by atoms with Crippen molar-refractivity contribution >= 4 is 11.8 Å². The van der Waals surface area contributed by atoms with Crippen LogP contribution in [0, 0.1) is 0 Å². The Kier molecular flexibility index (Phi) is 7.45. The molecule has 2 saturated heterocycles. The number of nitrogens with zero attached hydrogens (tertiary/aromatic N) is 4. The van der Waals surface area contributed by atoms with Gasteiger partial charge >= 0.3 is 0 Å². The number of benzene rings is 2. The lowest BCUT2D eigenvalue weighted by molar-refractivity contribution is -0.141. The highest BCUT2D eigenvalue weighted by Crippen LogP contribution is 2.37. The van der Waals surface area contributed by atoms with Crippen molar-refractivity contribution in [2.75, 3.05) is 13.2 Å². The molecule has 2 N–H and O–H groups in total. The van der Waals surface area contributed by atoms with Gasteiger partial charge < -0.3 is 9.84 Å². The maximum Gasteiger partial charge on any atom is 0.244 e. The molecule has 2 unspecified atom stereocenters. The van der Waals surface area contributed by atoms with Crippen LogP contribution in [0.15, 0.2) is 60.9 Å². The Hall–Kier alpha value is -3.53. The van der Waals surface area contributed by atoms with Crippen LogP contribution in [-0.2, 0) is 29.2 Å². The molecule has 3 aliphatic rings. The molecule has 39 heavy (non-hydrogen) atoms. The van der Waals surface area contributed by atoms with Crippen molar-refractivity contribution in [2.24, 2.45) is 0 Å². The largest absolute Gasteiger partial charge is 0.492 e. The summed E-state index contributed by atoms with van der Waals surface area (Å²) < 4.78 is 8.25. The number of rotatable bonds is 8. The Balaban J connectivity index is 1.08. The van der Waals surface area contributed by atoms with Crippen LogP contribution in [0.4, 0.5) is 0 Å². The quantitative estimate of drug-likeness (QED) is 0.433. The monoisotopic (exact) mass is 529 g/mol. The van der Waals surface area contributed by atoms with Gasteiger partial charge in [-0.25, -0.2) is 0 Å². The molecule has 0 radical (unpaired) electrons. The van der Waals surface area contributed by atoms with E-state index in [4.69, 9.17) is 4.74 Å². The van der Waals surface area contributed by atoms with Gasteiger partial charge in [0.15, 0.2) is 0 Å². The minimum absolute atomic E-state index is 0.253.